The molecule has 1 aliphatic carbocycles. The molecule has 0 N–H and O–H groups in total. The number of rotatable bonds is 2. The number of carbonyl (C=O) groups is 1. The van der Waals surface area contributed by atoms with Gasteiger partial charge >= 0.3 is 0 Å². The van der Waals surface area contributed by atoms with Crippen molar-refractivity contribution in [2.75, 3.05) is 33.2 Å². The molecule has 3 nitrogen and oxygen atoms in total. The minimum Gasteiger partial charge on any atom is -0.340 e. The maximum atomic E-state index is 12.4. The summed E-state index contributed by atoms with van der Waals surface area (Å²) in [5.74, 6) is 1.09. The number of piperazine rings is 1. The highest BCUT2D eigenvalue weighted by molar-refractivity contribution is 5.83. The summed E-state index contributed by atoms with van der Waals surface area (Å²) in [6, 6.07) is 10.4. The molecule has 2 unspecified atom stereocenters. The van der Waals surface area contributed by atoms with Crippen LogP contribution in [-0.4, -0.2) is 48.9 Å². The van der Waals surface area contributed by atoms with Crippen LogP contribution in [0.3, 0.4) is 0 Å². The van der Waals surface area contributed by atoms with E-state index < -0.39 is 0 Å². The van der Waals surface area contributed by atoms with Gasteiger partial charge in [0.2, 0.25) is 5.91 Å². The number of nitrogens with zero attached hydrogens (tertiary/aromatic N) is 2. The summed E-state index contributed by atoms with van der Waals surface area (Å²) in [5.41, 5.74) is 1.32. The van der Waals surface area contributed by atoms with Gasteiger partial charge in [0.15, 0.2) is 0 Å². The van der Waals surface area contributed by atoms with Gasteiger partial charge in [-0.2, -0.15) is 0 Å². The molecular formula is C15H20N2O. The molecule has 2 aliphatic rings. The van der Waals surface area contributed by atoms with Crippen molar-refractivity contribution in [3.8, 4) is 0 Å². The van der Waals surface area contributed by atoms with Gasteiger partial charge in [-0.3, -0.25) is 4.79 Å². The normalized spacial score (nSPS) is 28.2. The van der Waals surface area contributed by atoms with Gasteiger partial charge in [0.05, 0.1) is 0 Å². The average molecular weight is 244 g/mol. The lowest BCUT2D eigenvalue weighted by Gasteiger charge is -2.32. The molecule has 1 saturated heterocycles. The van der Waals surface area contributed by atoms with Crippen molar-refractivity contribution in [3.05, 3.63) is 35.9 Å². The predicted molar refractivity (Wildman–Crippen MR) is 71.4 cm³/mol. The molecule has 1 aromatic rings. The third kappa shape index (κ3) is 2.27. The van der Waals surface area contributed by atoms with Crippen molar-refractivity contribution >= 4 is 5.91 Å². The Bertz CT molecular complexity index is 423. The highest BCUT2D eigenvalue weighted by Crippen LogP contribution is 2.48. The second kappa shape index (κ2) is 4.73. The number of amides is 1. The Morgan fingerprint density at radius 1 is 1.11 bits per heavy atom. The summed E-state index contributed by atoms with van der Waals surface area (Å²) < 4.78 is 0. The van der Waals surface area contributed by atoms with Crippen molar-refractivity contribution < 1.29 is 4.79 Å². The van der Waals surface area contributed by atoms with Crippen LogP contribution in [0.2, 0.25) is 0 Å². The number of carbonyl (C=O) groups excluding carboxylic acids is 1. The van der Waals surface area contributed by atoms with Crippen molar-refractivity contribution in [1.29, 1.82) is 0 Å². The Hall–Kier alpha value is -1.35. The van der Waals surface area contributed by atoms with Gasteiger partial charge in [-0.05, 0) is 24.9 Å². The van der Waals surface area contributed by atoms with Crippen LogP contribution < -0.4 is 0 Å². The summed E-state index contributed by atoms with van der Waals surface area (Å²) in [7, 11) is 2.12. The first-order chi connectivity index (χ1) is 8.75. The zero-order chi connectivity index (χ0) is 12.5. The summed E-state index contributed by atoms with van der Waals surface area (Å²) in [6.07, 6.45) is 1.04. The topological polar surface area (TPSA) is 23.6 Å². The van der Waals surface area contributed by atoms with Crippen LogP contribution >= 0.6 is 0 Å². The summed E-state index contributed by atoms with van der Waals surface area (Å²) >= 11 is 0. The van der Waals surface area contributed by atoms with Crippen molar-refractivity contribution in [2.45, 2.75) is 12.3 Å². The molecule has 1 saturated carbocycles. The van der Waals surface area contributed by atoms with Gasteiger partial charge in [-0.15, -0.1) is 0 Å². The molecule has 3 heteroatoms. The Labute approximate surface area is 108 Å². The van der Waals surface area contributed by atoms with E-state index in [1.165, 1.54) is 5.56 Å². The summed E-state index contributed by atoms with van der Waals surface area (Å²) in [4.78, 5) is 16.7. The molecule has 0 radical (unpaired) electrons. The average Bonchev–Trinajstić information content (AvgIpc) is 3.20. The highest BCUT2D eigenvalue weighted by Gasteiger charge is 2.45. The zero-order valence-electron chi connectivity index (χ0n) is 10.9. The predicted octanol–water partition coefficient (Wildman–Crippen LogP) is 1.56. The molecule has 0 spiro atoms. The van der Waals surface area contributed by atoms with Crippen molar-refractivity contribution in [2.24, 2.45) is 5.92 Å². The first-order valence-corrected chi connectivity index (χ1v) is 6.78. The highest BCUT2D eigenvalue weighted by atomic mass is 16.2. The Morgan fingerprint density at radius 2 is 1.78 bits per heavy atom. The van der Waals surface area contributed by atoms with E-state index in [9.17, 15) is 4.79 Å². The SMILES string of the molecule is CN1CCN(C(=O)C2CC2c2ccccc2)CC1. The molecule has 1 amide bonds. The van der Waals surface area contributed by atoms with Gasteiger partial charge in [-0.1, -0.05) is 30.3 Å². The number of likely N-dealkylation sites (N-methyl/N-ethyl adjacent to an activating group) is 1. The molecule has 0 aromatic heterocycles. The fourth-order valence-corrected chi connectivity index (χ4v) is 2.80. The zero-order valence-corrected chi connectivity index (χ0v) is 10.9. The van der Waals surface area contributed by atoms with Crippen LogP contribution in [0.1, 0.15) is 17.9 Å². The molecule has 1 aromatic carbocycles. The van der Waals surface area contributed by atoms with Gasteiger partial charge in [0.1, 0.15) is 0 Å². The molecule has 2 atom stereocenters. The van der Waals surface area contributed by atoms with E-state index in [2.05, 4.69) is 36.2 Å². The van der Waals surface area contributed by atoms with Gasteiger partial charge in [-0.25, -0.2) is 0 Å². The van der Waals surface area contributed by atoms with Gasteiger partial charge < -0.3 is 9.80 Å². The van der Waals surface area contributed by atoms with Gasteiger partial charge in [0, 0.05) is 32.1 Å². The molecule has 96 valence electrons. The summed E-state index contributed by atoms with van der Waals surface area (Å²) in [5, 5.41) is 0. The van der Waals surface area contributed by atoms with Gasteiger partial charge in [0.25, 0.3) is 0 Å². The molecule has 18 heavy (non-hydrogen) atoms. The monoisotopic (exact) mass is 244 g/mol. The van der Waals surface area contributed by atoms with E-state index in [1.54, 1.807) is 0 Å². The molecule has 1 heterocycles. The van der Waals surface area contributed by atoms with Crippen molar-refractivity contribution in [1.82, 2.24) is 9.80 Å². The second-order valence-corrected chi connectivity index (χ2v) is 5.49. The quantitative estimate of drug-likeness (QED) is 0.788. The maximum Gasteiger partial charge on any atom is 0.226 e. The minimum absolute atomic E-state index is 0.246. The molecule has 1 aliphatic heterocycles. The third-order valence-corrected chi connectivity index (χ3v) is 4.15. The Balaban J connectivity index is 1.59. The molecule has 2 fully saturated rings. The lowest BCUT2D eigenvalue weighted by atomic mass is 10.1. The van der Waals surface area contributed by atoms with Crippen LogP contribution in [0.25, 0.3) is 0 Å². The fraction of sp³-hybridized carbons (Fsp3) is 0.533. The summed E-state index contributed by atoms with van der Waals surface area (Å²) in [6.45, 7) is 3.81. The lowest BCUT2D eigenvalue weighted by Crippen LogP contribution is -2.47. The first-order valence-electron chi connectivity index (χ1n) is 6.78. The maximum absolute atomic E-state index is 12.4. The number of hydrogen-bond acceptors (Lipinski definition) is 2. The Morgan fingerprint density at radius 3 is 2.44 bits per heavy atom. The smallest absolute Gasteiger partial charge is 0.226 e. The standard InChI is InChI=1S/C15H20N2O/c1-16-7-9-17(10-8-16)15(18)14-11-13(14)12-5-3-2-4-6-12/h2-6,13-14H,7-11H2,1H3. The number of hydrogen-bond donors (Lipinski definition) is 0. The third-order valence-electron chi connectivity index (χ3n) is 4.15. The van der Waals surface area contributed by atoms with Crippen LogP contribution in [-0.2, 0) is 4.79 Å². The molecule has 0 bridgehead atoms. The van der Waals surface area contributed by atoms with Crippen molar-refractivity contribution in [3.63, 3.8) is 0 Å². The second-order valence-electron chi connectivity index (χ2n) is 5.49. The lowest BCUT2D eigenvalue weighted by molar-refractivity contribution is -0.134. The van der Waals surface area contributed by atoms with E-state index in [0.717, 1.165) is 32.6 Å². The van der Waals surface area contributed by atoms with Crippen LogP contribution in [0, 0.1) is 5.92 Å². The fourth-order valence-electron chi connectivity index (χ4n) is 2.80. The van der Waals surface area contributed by atoms with E-state index >= 15 is 0 Å². The van der Waals surface area contributed by atoms with Crippen LogP contribution in [0.5, 0.6) is 0 Å². The Kier molecular flexibility index (Phi) is 3.08. The molecular weight excluding hydrogens is 224 g/mol. The van der Waals surface area contributed by atoms with E-state index in [-0.39, 0.29) is 5.92 Å². The van der Waals surface area contributed by atoms with Crippen LogP contribution in [0.4, 0.5) is 0 Å². The van der Waals surface area contributed by atoms with E-state index in [1.807, 2.05) is 11.0 Å². The number of benzene rings is 1. The van der Waals surface area contributed by atoms with E-state index in [0.29, 0.717) is 11.8 Å². The minimum atomic E-state index is 0.246. The van der Waals surface area contributed by atoms with Crippen LogP contribution in [0.15, 0.2) is 30.3 Å². The van der Waals surface area contributed by atoms with E-state index in [4.69, 9.17) is 0 Å². The molecule has 3 rings (SSSR count). The largest absolute Gasteiger partial charge is 0.340 e. The first kappa shape index (κ1) is 11.7.